The van der Waals surface area contributed by atoms with Gasteiger partial charge in [0.2, 0.25) is 11.8 Å². The molecule has 0 bridgehead atoms. The highest BCUT2D eigenvalue weighted by Gasteiger charge is 2.33. The number of halogens is 9. The number of rotatable bonds is 13. The molecule has 0 saturated carbocycles. The lowest BCUT2D eigenvalue weighted by Crippen LogP contribution is -2.18. The number of benzene rings is 3. The Kier molecular flexibility index (Phi) is 16.9. The molecule has 9 rings (SSSR count). The number of amides is 1. The number of hydrogen-bond acceptors (Lipinski definition) is 18. The third kappa shape index (κ3) is 16.0. The molecule has 0 atom stereocenters. The molecule has 398 valence electrons. The minimum Gasteiger partial charge on any atom is -0.480 e. The standard InChI is InChI=1S/C18H14F3N5O3.C18H12F3N5O.C12H11F3N4O2/c1-28-16-8-7-15(25-26-16)23-12-6-5-11(29-18(19,20)21)10-14(12)24-17(27)13-4-2-3-9-22-13;1-11-5-8-16(25-24-11)26-15-7-6-12(27-18(19,20)21)10-14(15)23-17(26)13-4-2-3-9-22-13;1-20-11-5-4-10(18-19-11)17-9-3-2-7(6-8(9)16)21-12(13,14)15/h2-10H,1H3,(H,23,25)(H,24,27);2-10H,1H3;2-6H,16H2,1H3,(H,17,18). The Hall–Kier alpha value is -10.1. The number of nitrogens with one attached hydrogen (secondary N) is 3. The predicted octanol–water partition coefficient (Wildman–Crippen LogP) is 10.6. The molecule has 0 spiro atoms. The number of pyridine rings is 2. The quantitative estimate of drug-likeness (QED) is 0.0619. The number of aromatic nitrogens is 10. The molecule has 5 N–H and O–H groups in total. The Morgan fingerprint density at radius 2 is 1.12 bits per heavy atom. The van der Waals surface area contributed by atoms with Crippen molar-refractivity contribution in [2.45, 2.75) is 26.0 Å². The number of hydrogen-bond donors (Lipinski definition) is 4. The normalized spacial score (nSPS) is 11.2. The van der Waals surface area contributed by atoms with Crippen molar-refractivity contribution < 1.29 is 68.0 Å². The van der Waals surface area contributed by atoms with Crippen LogP contribution in [0.25, 0.3) is 28.4 Å². The molecular weight excluding hydrogens is 1040 g/mol. The topological polar surface area (TPSA) is 246 Å². The minimum absolute atomic E-state index is 0.0278. The van der Waals surface area contributed by atoms with Gasteiger partial charge in [-0.15, -0.1) is 65.0 Å². The summed E-state index contributed by atoms with van der Waals surface area (Å²) >= 11 is 0. The minimum atomic E-state index is -4.88. The molecule has 6 aromatic heterocycles. The van der Waals surface area contributed by atoms with E-state index in [-0.39, 0.29) is 40.2 Å². The summed E-state index contributed by atoms with van der Waals surface area (Å²) in [5, 5.41) is 31.7. The zero-order chi connectivity index (χ0) is 55.3. The number of nitrogens with zero attached hydrogens (tertiary/aromatic N) is 10. The highest BCUT2D eigenvalue weighted by Crippen LogP contribution is 2.35. The first-order chi connectivity index (χ1) is 36.6. The first-order valence-corrected chi connectivity index (χ1v) is 21.7. The molecule has 77 heavy (non-hydrogen) atoms. The van der Waals surface area contributed by atoms with Crippen molar-refractivity contribution in [2.24, 2.45) is 0 Å². The molecule has 0 saturated heterocycles. The Labute approximate surface area is 428 Å². The van der Waals surface area contributed by atoms with Gasteiger partial charge in [0.05, 0.1) is 53.7 Å². The van der Waals surface area contributed by atoms with Crippen LogP contribution in [0.2, 0.25) is 0 Å². The summed E-state index contributed by atoms with van der Waals surface area (Å²) in [6.07, 6.45) is -11.4. The molecular formula is C48H37F9N14O6. The van der Waals surface area contributed by atoms with Gasteiger partial charge in [0.25, 0.3) is 5.91 Å². The van der Waals surface area contributed by atoms with Crippen LogP contribution in [0.3, 0.4) is 0 Å². The van der Waals surface area contributed by atoms with E-state index in [1.165, 1.54) is 56.8 Å². The van der Waals surface area contributed by atoms with Crippen LogP contribution in [0, 0.1) is 6.92 Å². The van der Waals surface area contributed by atoms with Crippen LogP contribution in [0.5, 0.6) is 29.0 Å². The van der Waals surface area contributed by atoms with Crippen molar-refractivity contribution in [3.05, 3.63) is 151 Å². The molecule has 0 radical (unpaired) electrons. The average molecular weight is 1080 g/mol. The van der Waals surface area contributed by atoms with E-state index < -0.39 is 36.5 Å². The second-order valence-corrected chi connectivity index (χ2v) is 15.1. The molecule has 3 aromatic carbocycles. The van der Waals surface area contributed by atoms with Crippen molar-refractivity contribution in [3.8, 4) is 46.3 Å². The fraction of sp³-hybridized carbons (Fsp3) is 0.125. The van der Waals surface area contributed by atoms with Gasteiger partial charge >= 0.3 is 19.1 Å². The van der Waals surface area contributed by atoms with Gasteiger partial charge < -0.3 is 45.4 Å². The summed E-state index contributed by atoms with van der Waals surface area (Å²) in [4.78, 5) is 25.0. The number of imidazole rings is 1. The maximum absolute atomic E-state index is 12.6. The number of methoxy groups -OCH3 is 2. The number of fused-ring (bicyclic) bond motifs is 1. The summed E-state index contributed by atoms with van der Waals surface area (Å²) in [5.41, 5.74) is 8.67. The van der Waals surface area contributed by atoms with Crippen LogP contribution in [0.15, 0.2) is 140 Å². The molecule has 6 heterocycles. The number of ether oxygens (including phenoxy) is 5. The smallest absolute Gasteiger partial charge is 0.480 e. The number of nitrogen functional groups attached to an aromatic ring is 1. The Bertz CT molecular complexity index is 3400. The lowest BCUT2D eigenvalue weighted by Gasteiger charge is -2.15. The maximum atomic E-state index is 12.6. The maximum Gasteiger partial charge on any atom is 0.573 e. The van der Waals surface area contributed by atoms with Crippen LogP contribution in [0.4, 0.5) is 73.9 Å². The molecule has 0 unspecified atom stereocenters. The fourth-order valence-electron chi connectivity index (χ4n) is 6.40. The third-order valence-electron chi connectivity index (χ3n) is 9.62. The van der Waals surface area contributed by atoms with Crippen LogP contribution < -0.4 is 45.4 Å². The summed E-state index contributed by atoms with van der Waals surface area (Å²) in [5.74, 6) is 0.333. The summed E-state index contributed by atoms with van der Waals surface area (Å²) in [6, 6.07) is 30.8. The zero-order valence-electron chi connectivity index (χ0n) is 39.7. The number of nitrogens with two attached hydrogens (primary N) is 1. The van der Waals surface area contributed by atoms with E-state index in [1.807, 2.05) is 6.92 Å². The van der Waals surface area contributed by atoms with E-state index in [0.717, 1.165) is 30.0 Å². The van der Waals surface area contributed by atoms with E-state index in [9.17, 15) is 44.3 Å². The largest absolute Gasteiger partial charge is 0.573 e. The number of carbonyl (C=O) groups excluding carboxylic acids is 1. The monoisotopic (exact) mass is 1080 g/mol. The zero-order valence-corrected chi connectivity index (χ0v) is 39.7. The molecule has 0 aliphatic rings. The van der Waals surface area contributed by atoms with Crippen LogP contribution in [0.1, 0.15) is 16.2 Å². The van der Waals surface area contributed by atoms with Gasteiger partial charge in [-0.1, -0.05) is 12.1 Å². The Balaban J connectivity index is 0.000000170. The van der Waals surface area contributed by atoms with Crippen LogP contribution in [-0.2, 0) is 0 Å². The van der Waals surface area contributed by atoms with Crippen molar-refractivity contribution in [2.75, 3.05) is 35.9 Å². The first-order valence-electron chi connectivity index (χ1n) is 21.7. The lowest BCUT2D eigenvalue weighted by molar-refractivity contribution is -0.275. The highest BCUT2D eigenvalue weighted by atomic mass is 19.4. The number of carbonyl (C=O) groups is 1. The van der Waals surface area contributed by atoms with Gasteiger partial charge in [0.15, 0.2) is 23.3 Å². The van der Waals surface area contributed by atoms with Crippen molar-refractivity contribution >= 4 is 51.3 Å². The molecule has 0 aliphatic carbocycles. The summed E-state index contributed by atoms with van der Waals surface area (Å²) in [7, 11) is 2.89. The van der Waals surface area contributed by atoms with Crippen LogP contribution >= 0.6 is 0 Å². The molecule has 9 aromatic rings. The highest BCUT2D eigenvalue weighted by molar-refractivity contribution is 6.05. The summed E-state index contributed by atoms with van der Waals surface area (Å²) in [6.45, 7) is 1.81. The van der Waals surface area contributed by atoms with Gasteiger partial charge in [-0.2, -0.15) is 5.10 Å². The average Bonchev–Trinajstić information content (AvgIpc) is 3.91. The van der Waals surface area contributed by atoms with E-state index in [4.69, 9.17) is 15.2 Å². The molecule has 20 nitrogen and oxygen atoms in total. The van der Waals surface area contributed by atoms with Gasteiger partial charge in [0, 0.05) is 42.7 Å². The third-order valence-corrected chi connectivity index (χ3v) is 9.62. The van der Waals surface area contributed by atoms with Gasteiger partial charge in [0.1, 0.15) is 28.6 Å². The lowest BCUT2D eigenvalue weighted by atomic mass is 10.2. The van der Waals surface area contributed by atoms with E-state index in [1.54, 1.807) is 77.5 Å². The first kappa shape index (κ1) is 54.7. The van der Waals surface area contributed by atoms with Gasteiger partial charge in [-0.25, -0.2) is 4.98 Å². The Morgan fingerprint density at radius 3 is 1.62 bits per heavy atom. The molecule has 0 fully saturated rings. The van der Waals surface area contributed by atoms with Gasteiger partial charge in [-0.05, 0) is 91.9 Å². The molecule has 29 heteroatoms. The fourth-order valence-corrected chi connectivity index (χ4v) is 6.40. The number of alkyl halides is 9. The Morgan fingerprint density at radius 1 is 0.558 bits per heavy atom. The van der Waals surface area contributed by atoms with E-state index in [0.29, 0.717) is 45.8 Å². The predicted molar refractivity (Wildman–Crippen MR) is 258 cm³/mol. The SMILES string of the molecule is COc1ccc(Nc2ccc(OC(F)(F)F)cc2N)nn1.COc1ccc(Nc2ccc(OC(F)(F)F)cc2NC(=O)c2ccccn2)nn1.Cc1ccc(-n2c(-c3ccccn3)nc3cc(OC(F)(F)F)ccc32)nn1. The van der Waals surface area contributed by atoms with Crippen molar-refractivity contribution in [1.82, 2.24) is 50.1 Å². The van der Waals surface area contributed by atoms with Crippen LogP contribution in [-0.4, -0.2) is 89.3 Å². The summed E-state index contributed by atoms with van der Waals surface area (Å²) < 4.78 is 135. The van der Waals surface area contributed by atoms with E-state index >= 15 is 0 Å². The van der Waals surface area contributed by atoms with E-state index in [2.05, 4.69) is 75.7 Å². The second-order valence-electron chi connectivity index (χ2n) is 15.1. The van der Waals surface area contributed by atoms with Crippen molar-refractivity contribution in [3.63, 3.8) is 0 Å². The number of anilines is 6. The second kappa shape index (κ2) is 23.8. The molecule has 1 amide bonds. The number of aryl methyl sites for hydroxylation is 1. The van der Waals surface area contributed by atoms with Crippen molar-refractivity contribution in [1.29, 1.82) is 0 Å². The molecule has 0 aliphatic heterocycles. The van der Waals surface area contributed by atoms with Gasteiger partial charge in [-0.3, -0.25) is 19.3 Å².